The van der Waals surface area contributed by atoms with Crippen molar-refractivity contribution in [2.24, 2.45) is 10.8 Å². The molecule has 1 unspecified atom stereocenters. The maximum atomic E-state index is 14.0. The van der Waals surface area contributed by atoms with Gasteiger partial charge in [-0.3, -0.25) is 4.79 Å². The molecule has 0 bridgehead atoms. The number of hydrogen-bond acceptors (Lipinski definition) is 5. The van der Waals surface area contributed by atoms with Crippen molar-refractivity contribution in [1.29, 1.82) is 0 Å². The largest absolute Gasteiger partial charge is 0.367 e. The van der Waals surface area contributed by atoms with Gasteiger partial charge in [0.05, 0.1) is 0 Å². The van der Waals surface area contributed by atoms with Crippen LogP contribution in [0.1, 0.15) is 35.6 Å². The average molecular weight is 464 g/mol. The minimum atomic E-state index is -0.830. The number of thioether (sulfide) groups is 1. The molecule has 1 amide bonds. The van der Waals surface area contributed by atoms with Crippen molar-refractivity contribution in [2.75, 3.05) is 13.7 Å². The molecule has 170 valence electrons. The van der Waals surface area contributed by atoms with Crippen LogP contribution in [-0.2, 0) is 14.4 Å². The summed E-state index contributed by atoms with van der Waals surface area (Å²) in [5, 5.41) is 6.85. The molecular formula is C26H26FN3O2S. The van der Waals surface area contributed by atoms with Crippen LogP contribution in [0.5, 0.6) is 0 Å². The van der Waals surface area contributed by atoms with E-state index in [1.807, 2.05) is 60.7 Å². The smallest absolute Gasteiger partial charge is 0.278 e. The van der Waals surface area contributed by atoms with Gasteiger partial charge < -0.3 is 10.5 Å². The van der Waals surface area contributed by atoms with Crippen molar-refractivity contribution < 1.29 is 13.9 Å². The number of rotatable bonds is 8. The average Bonchev–Trinajstić information content (AvgIpc) is 3.25. The van der Waals surface area contributed by atoms with Gasteiger partial charge in [0.25, 0.3) is 5.91 Å². The van der Waals surface area contributed by atoms with Gasteiger partial charge in [0.15, 0.2) is 6.10 Å². The molecular weight excluding hydrogens is 437 g/mol. The third-order valence-electron chi connectivity index (χ3n) is 5.59. The highest BCUT2D eigenvalue weighted by atomic mass is 32.2. The number of amides is 1. The monoisotopic (exact) mass is 463 g/mol. The number of ether oxygens (including phenoxy) is 1. The molecule has 7 heteroatoms. The second kappa shape index (κ2) is 10.3. The van der Waals surface area contributed by atoms with Gasteiger partial charge in [-0.25, -0.2) is 9.40 Å². The Labute approximate surface area is 197 Å². The highest BCUT2D eigenvalue weighted by Crippen LogP contribution is 2.51. The molecule has 4 rings (SSSR count). The molecule has 33 heavy (non-hydrogen) atoms. The van der Waals surface area contributed by atoms with Crippen LogP contribution in [0.4, 0.5) is 4.39 Å². The van der Waals surface area contributed by atoms with Crippen molar-refractivity contribution in [3.05, 3.63) is 107 Å². The summed E-state index contributed by atoms with van der Waals surface area (Å²) in [6, 6.07) is 25.4. The van der Waals surface area contributed by atoms with Crippen LogP contribution in [0.15, 0.2) is 90.0 Å². The lowest BCUT2D eigenvalue weighted by molar-refractivity contribution is -0.146. The molecule has 2 atom stereocenters. The Morgan fingerprint density at radius 2 is 1.79 bits per heavy atom. The summed E-state index contributed by atoms with van der Waals surface area (Å²) in [6.45, 7) is 0.471. The third kappa shape index (κ3) is 4.71. The summed E-state index contributed by atoms with van der Waals surface area (Å²) in [7, 11) is 1.51. The summed E-state index contributed by atoms with van der Waals surface area (Å²) in [4.78, 5) is 13.1. The van der Waals surface area contributed by atoms with Gasteiger partial charge in [-0.05, 0) is 42.6 Å². The van der Waals surface area contributed by atoms with E-state index in [1.165, 1.54) is 36.0 Å². The second-order valence-electron chi connectivity index (χ2n) is 7.74. The van der Waals surface area contributed by atoms with Gasteiger partial charge in [0.1, 0.15) is 15.7 Å². The van der Waals surface area contributed by atoms with Gasteiger partial charge in [-0.2, -0.15) is 5.10 Å². The molecule has 0 radical (unpaired) electrons. The Balaban J connectivity index is 1.84. The van der Waals surface area contributed by atoms with E-state index in [2.05, 4.69) is 0 Å². The molecule has 1 aliphatic heterocycles. The lowest BCUT2D eigenvalue weighted by Crippen LogP contribution is -2.44. The van der Waals surface area contributed by atoms with Gasteiger partial charge >= 0.3 is 0 Å². The standard InChI is InChI=1S/C26H26FN3O2S/c1-32-23(19-10-4-2-5-11-19)25(31)30-26(16-9-17-28,21-13-6-3-7-14-21)33-24(29-30)20-12-8-15-22(27)18-20/h2-8,10-15,18,23H,9,16-17,28H2,1H3/t23-,26?/m1/s1. The van der Waals surface area contributed by atoms with E-state index >= 15 is 0 Å². The zero-order valence-corrected chi connectivity index (χ0v) is 19.2. The molecule has 0 saturated carbocycles. The number of nitrogens with zero attached hydrogens (tertiary/aromatic N) is 2. The first-order valence-electron chi connectivity index (χ1n) is 10.8. The van der Waals surface area contributed by atoms with E-state index in [-0.39, 0.29) is 11.7 Å². The van der Waals surface area contributed by atoms with E-state index in [9.17, 15) is 9.18 Å². The summed E-state index contributed by atoms with van der Waals surface area (Å²) < 4.78 is 19.7. The summed E-state index contributed by atoms with van der Waals surface area (Å²) >= 11 is 1.45. The fraction of sp³-hybridized carbons (Fsp3) is 0.231. The molecule has 0 aromatic heterocycles. The van der Waals surface area contributed by atoms with Crippen molar-refractivity contribution in [2.45, 2.75) is 23.8 Å². The first kappa shape index (κ1) is 23.2. The highest BCUT2D eigenvalue weighted by molar-refractivity contribution is 8.15. The number of hydrazone groups is 1. The molecule has 1 heterocycles. The normalized spacial score (nSPS) is 18.8. The Hall–Kier alpha value is -3.00. The van der Waals surface area contributed by atoms with Gasteiger partial charge in [-0.1, -0.05) is 84.6 Å². The maximum Gasteiger partial charge on any atom is 0.278 e. The fourth-order valence-electron chi connectivity index (χ4n) is 4.00. The number of hydrogen-bond donors (Lipinski definition) is 1. The number of carbonyl (C=O) groups excluding carboxylic acids is 1. The molecule has 0 spiro atoms. The zero-order valence-electron chi connectivity index (χ0n) is 18.4. The topological polar surface area (TPSA) is 67.9 Å². The van der Waals surface area contributed by atoms with Crippen LogP contribution in [0.25, 0.3) is 0 Å². The molecule has 0 aliphatic carbocycles. The van der Waals surface area contributed by atoms with Crippen LogP contribution < -0.4 is 5.73 Å². The first-order chi connectivity index (χ1) is 16.1. The minimum absolute atomic E-state index is 0.288. The lowest BCUT2D eigenvalue weighted by Gasteiger charge is -2.37. The summed E-state index contributed by atoms with van der Waals surface area (Å²) in [6.07, 6.45) is 0.432. The van der Waals surface area contributed by atoms with Crippen LogP contribution in [0, 0.1) is 5.82 Å². The van der Waals surface area contributed by atoms with Crippen LogP contribution >= 0.6 is 11.8 Å². The van der Waals surface area contributed by atoms with Gasteiger partial charge in [0.2, 0.25) is 0 Å². The predicted molar refractivity (Wildman–Crippen MR) is 130 cm³/mol. The number of halogens is 1. The van der Waals surface area contributed by atoms with Crippen LogP contribution in [0.2, 0.25) is 0 Å². The lowest BCUT2D eigenvalue weighted by atomic mass is 9.99. The molecule has 0 fully saturated rings. The van der Waals surface area contributed by atoms with Crippen molar-refractivity contribution in [1.82, 2.24) is 5.01 Å². The van der Waals surface area contributed by atoms with E-state index in [0.29, 0.717) is 30.0 Å². The van der Waals surface area contributed by atoms with Crippen LogP contribution in [0.3, 0.4) is 0 Å². The number of nitrogens with two attached hydrogens (primary N) is 1. The summed E-state index contributed by atoms with van der Waals surface area (Å²) in [5.74, 6) is -0.643. The van der Waals surface area contributed by atoms with E-state index in [4.69, 9.17) is 15.6 Å². The molecule has 3 aromatic carbocycles. The fourth-order valence-corrected chi connectivity index (χ4v) is 5.41. The zero-order chi connectivity index (χ0) is 23.3. The SMILES string of the molecule is CO[C@@H](C(=O)N1N=C(c2cccc(F)c2)SC1(CCCN)c1ccccc1)c1ccccc1. The van der Waals surface area contributed by atoms with E-state index < -0.39 is 11.0 Å². The molecule has 2 N–H and O–H groups in total. The molecule has 5 nitrogen and oxygen atoms in total. The predicted octanol–water partition coefficient (Wildman–Crippen LogP) is 5.04. The highest BCUT2D eigenvalue weighted by Gasteiger charge is 2.49. The quantitative estimate of drug-likeness (QED) is 0.508. The maximum absolute atomic E-state index is 14.0. The Morgan fingerprint density at radius 1 is 1.09 bits per heavy atom. The Kier molecular flexibility index (Phi) is 7.23. The van der Waals surface area contributed by atoms with E-state index in [0.717, 1.165) is 11.1 Å². The number of methoxy groups -OCH3 is 1. The first-order valence-corrected chi connectivity index (χ1v) is 11.6. The molecule has 0 saturated heterocycles. The van der Waals surface area contributed by atoms with Crippen molar-refractivity contribution in [3.63, 3.8) is 0 Å². The molecule has 1 aliphatic rings. The minimum Gasteiger partial charge on any atom is -0.367 e. The Bertz CT molecular complexity index is 1130. The summed E-state index contributed by atoms with van der Waals surface area (Å²) in [5.41, 5.74) is 8.17. The number of benzene rings is 3. The number of carbonyl (C=O) groups is 1. The Morgan fingerprint density at radius 3 is 2.42 bits per heavy atom. The van der Waals surface area contributed by atoms with Crippen molar-refractivity contribution in [3.8, 4) is 0 Å². The van der Waals surface area contributed by atoms with Gasteiger partial charge in [0, 0.05) is 12.7 Å². The van der Waals surface area contributed by atoms with Crippen molar-refractivity contribution >= 4 is 22.7 Å². The van der Waals surface area contributed by atoms with Gasteiger partial charge in [-0.15, -0.1) is 0 Å². The van der Waals surface area contributed by atoms with E-state index in [1.54, 1.807) is 12.1 Å². The second-order valence-corrected chi connectivity index (χ2v) is 9.00. The molecule has 3 aromatic rings. The van der Waals surface area contributed by atoms with Crippen LogP contribution in [-0.4, -0.2) is 29.6 Å². The third-order valence-corrected chi connectivity index (χ3v) is 7.05.